The lowest BCUT2D eigenvalue weighted by molar-refractivity contribution is 0.193. The van der Waals surface area contributed by atoms with E-state index in [4.69, 9.17) is 15.7 Å². The molecular formula is C12H18N4O2. The highest BCUT2D eigenvalue weighted by molar-refractivity contribution is 5.97. The maximum Gasteiger partial charge on any atom is 0.170 e. The summed E-state index contributed by atoms with van der Waals surface area (Å²) in [4.78, 5) is 6.55. The topological polar surface area (TPSA) is 84.0 Å². The minimum absolute atomic E-state index is 0.0952. The van der Waals surface area contributed by atoms with Crippen LogP contribution in [-0.2, 0) is 4.74 Å². The Labute approximate surface area is 106 Å². The van der Waals surface area contributed by atoms with Gasteiger partial charge < -0.3 is 20.6 Å². The molecule has 1 saturated heterocycles. The molecule has 3 N–H and O–H groups in total. The number of oxime groups is 1. The van der Waals surface area contributed by atoms with Crippen LogP contribution in [0.5, 0.6) is 0 Å². The third-order valence-electron chi connectivity index (χ3n) is 3.16. The van der Waals surface area contributed by atoms with Crippen molar-refractivity contribution in [3.8, 4) is 0 Å². The molecule has 2 heterocycles. The van der Waals surface area contributed by atoms with Crippen LogP contribution < -0.4 is 10.6 Å². The molecule has 0 spiro atoms. The van der Waals surface area contributed by atoms with E-state index in [-0.39, 0.29) is 5.84 Å². The van der Waals surface area contributed by atoms with Crippen LogP contribution in [0.15, 0.2) is 17.3 Å². The summed E-state index contributed by atoms with van der Waals surface area (Å²) in [5.74, 6) is 0.907. The SMILES string of the molecule is Cc1cc(/C(N)=N/O)cc(N(C)C2CCOC2)n1. The van der Waals surface area contributed by atoms with Crippen molar-refractivity contribution < 1.29 is 9.94 Å². The van der Waals surface area contributed by atoms with E-state index in [1.165, 1.54) is 0 Å². The molecular weight excluding hydrogens is 232 g/mol. The number of anilines is 1. The predicted octanol–water partition coefficient (Wildman–Crippen LogP) is 0.710. The van der Waals surface area contributed by atoms with Crippen LogP contribution in [0.25, 0.3) is 0 Å². The Morgan fingerprint density at radius 1 is 1.61 bits per heavy atom. The fourth-order valence-electron chi connectivity index (χ4n) is 2.05. The summed E-state index contributed by atoms with van der Waals surface area (Å²) < 4.78 is 5.37. The highest BCUT2D eigenvalue weighted by Gasteiger charge is 2.22. The lowest BCUT2D eigenvalue weighted by atomic mass is 10.2. The van der Waals surface area contributed by atoms with Crippen LogP contribution >= 0.6 is 0 Å². The first-order valence-corrected chi connectivity index (χ1v) is 5.89. The van der Waals surface area contributed by atoms with Gasteiger partial charge in [0.25, 0.3) is 0 Å². The van der Waals surface area contributed by atoms with Crippen LogP contribution in [0.3, 0.4) is 0 Å². The van der Waals surface area contributed by atoms with Crippen molar-refractivity contribution in [1.82, 2.24) is 4.98 Å². The van der Waals surface area contributed by atoms with Gasteiger partial charge in [-0.15, -0.1) is 0 Å². The average Bonchev–Trinajstić information content (AvgIpc) is 2.90. The van der Waals surface area contributed by atoms with Gasteiger partial charge in [0, 0.05) is 24.9 Å². The summed E-state index contributed by atoms with van der Waals surface area (Å²) in [5, 5.41) is 11.8. The molecule has 1 atom stereocenters. The molecule has 0 radical (unpaired) electrons. The monoisotopic (exact) mass is 250 g/mol. The second kappa shape index (κ2) is 5.22. The molecule has 0 saturated carbocycles. The zero-order chi connectivity index (χ0) is 13.1. The van der Waals surface area contributed by atoms with Gasteiger partial charge >= 0.3 is 0 Å². The molecule has 6 nitrogen and oxygen atoms in total. The van der Waals surface area contributed by atoms with E-state index in [9.17, 15) is 0 Å². The van der Waals surface area contributed by atoms with E-state index in [0.29, 0.717) is 18.2 Å². The van der Waals surface area contributed by atoms with Crippen molar-refractivity contribution in [2.24, 2.45) is 10.9 Å². The Balaban J connectivity index is 2.29. The van der Waals surface area contributed by atoms with Gasteiger partial charge in [0.05, 0.1) is 12.6 Å². The number of aryl methyl sites for hydroxylation is 1. The van der Waals surface area contributed by atoms with Crippen LogP contribution in [0, 0.1) is 6.92 Å². The van der Waals surface area contributed by atoms with Gasteiger partial charge in [-0.05, 0) is 25.5 Å². The first-order chi connectivity index (χ1) is 8.61. The van der Waals surface area contributed by atoms with Gasteiger partial charge in [-0.3, -0.25) is 0 Å². The Morgan fingerprint density at radius 3 is 3.00 bits per heavy atom. The normalized spacial score (nSPS) is 20.1. The summed E-state index contributed by atoms with van der Waals surface area (Å²) in [6.45, 7) is 3.38. The Kier molecular flexibility index (Phi) is 3.66. The fourth-order valence-corrected chi connectivity index (χ4v) is 2.05. The second-order valence-corrected chi connectivity index (χ2v) is 4.47. The Morgan fingerprint density at radius 2 is 2.39 bits per heavy atom. The Hall–Kier alpha value is -1.82. The number of nitrogens with zero attached hydrogens (tertiary/aromatic N) is 3. The molecule has 18 heavy (non-hydrogen) atoms. The maximum absolute atomic E-state index is 8.73. The molecule has 0 amide bonds. The predicted molar refractivity (Wildman–Crippen MR) is 69.1 cm³/mol. The minimum atomic E-state index is 0.0952. The van der Waals surface area contributed by atoms with Gasteiger partial charge in [-0.2, -0.15) is 0 Å². The molecule has 1 unspecified atom stereocenters. The molecule has 98 valence electrons. The molecule has 1 aromatic heterocycles. The van der Waals surface area contributed by atoms with Gasteiger partial charge in [-0.25, -0.2) is 4.98 Å². The van der Waals surface area contributed by atoms with E-state index in [1.807, 2.05) is 20.0 Å². The number of nitrogens with two attached hydrogens (primary N) is 1. The zero-order valence-electron chi connectivity index (χ0n) is 10.6. The highest BCUT2D eigenvalue weighted by atomic mass is 16.5. The third-order valence-corrected chi connectivity index (χ3v) is 3.16. The highest BCUT2D eigenvalue weighted by Crippen LogP contribution is 2.20. The number of ether oxygens (including phenoxy) is 1. The zero-order valence-corrected chi connectivity index (χ0v) is 10.6. The molecule has 2 rings (SSSR count). The van der Waals surface area contributed by atoms with Crippen molar-refractivity contribution in [3.63, 3.8) is 0 Å². The lowest BCUT2D eigenvalue weighted by Gasteiger charge is -2.25. The summed E-state index contributed by atoms with van der Waals surface area (Å²) in [7, 11) is 1.98. The molecule has 0 bridgehead atoms. The second-order valence-electron chi connectivity index (χ2n) is 4.47. The smallest absolute Gasteiger partial charge is 0.170 e. The summed E-state index contributed by atoms with van der Waals surface area (Å²) in [5.41, 5.74) is 7.12. The number of hydrogen-bond donors (Lipinski definition) is 2. The van der Waals surface area contributed by atoms with E-state index < -0.39 is 0 Å². The lowest BCUT2D eigenvalue weighted by Crippen LogP contribution is -2.32. The quantitative estimate of drug-likeness (QED) is 0.357. The largest absolute Gasteiger partial charge is 0.409 e. The number of likely N-dealkylation sites (N-methyl/N-ethyl adjacent to an activating group) is 1. The van der Waals surface area contributed by atoms with Gasteiger partial charge in [0.15, 0.2) is 5.84 Å². The van der Waals surface area contributed by atoms with Crippen LogP contribution in [0.1, 0.15) is 17.7 Å². The molecule has 1 aliphatic heterocycles. The number of pyridine rings is 1. The van der Waals surface area contributed by atoms with Crippen molar-refractivity contribution in [3.05, 3.63) is 23.4 Å². The summed E-state index contributed by atoms with van der Waals surface area (Å²) in [6, 6.07) is 3.94. The summed E-state index contributed by atoms with van der Waals surface area (Å²) in [6.07, 6.45) is 0.991. The standard InChI is InChI=1S/C12H18N4O2/c1-8-5-9(12(13)15-17)6-11(14-8)16(2)10-3-4-18-7-10/h5-6,10,17H,3-4,7H2,1-2H3,(H2,13,15). The minimum Gasteiger partial charge on any atom is -0.409 e. The first kappa shape index (κ1) is 12.6. The summed E-state index contributed by atoms with van der Waals surface area (Å²) >= 11 is 0. The van der Waals surface area contributed by atoms with Crippen LogP contribution in [0.4, 0.5) is 5.82 Å². The molecule has 0 aliphatic carbocycles. The van der Waals surface area contributed by atoms with Gasteiger partial charge in [0.1, 0.15) is 5.82 Å². The Bertz CT molecular complexity index is 455. The van der Waals surface area contributed by atoms with Crippen molar-refractivity contribution >= 4 is 11.7 Å². The number of rotatable bonds is 3. The molecule has 6 heteroatoms. The fraction of sp³-hybridized carbons (Fsp3) is 0.500. The third kappa shape index (κ3) is 2.53. The van der Waals surface area contributed by atoms with Crippen molar-refractivity contribution in [1.29, 1.82) is 0 Å². The van der Waals surface area contributed by atoms with E-state index in [2.05, 4.69) is 15.0 Å². The number of aromatic nitrogens is 1. The van der Waals surface area contributed by atoms with Gasteiger partial charge in [0.2, 0.25) is 0 Å². The van der Waals surface area contributed by atoms with E-state index in [1.54, 1.807) is 6.07 Å². The average molecular weight is 250 g/mol. The van der Waals surface area contributed by atoms with Gasteiger partial charge in [-0.1, -0.05) is 5.16 Å². The van der Waals surface area contributed by atoms with Crippen LogP contribution in [0.2, 0.25) is 0 Å². The first-order valence-electron chi connectivity index (χ1n) is 5.89. The van der Waals surface area contributed by atoms with Crippen molar-refractivity contribution in [2.75, 3.05) is 25.2 Å². The number of amidine groups is 1. The van der Waals surface area contributed by atoms with E-state index >= 15 is 0 Å². The van der Waals surface area contributed by atoms with Crippen molar-refractivity contribution in [2.45, 2.75) is 19.4 Å². The molecule has 0 aromatic carbocycles. The molecule has 1 aliphatic rings. The maximum atomic E-state index is 8.73. The molecule has 1 fully saturated rings. The van der Waals surface area contributed by atoms with Crippen LogP contribution in [-0.4, -0.2) is 42.3 Å². The number of hydrogen-bond acceptors (Lipinski definition) is 5. The van der Waals surface area contributed by atoms with E-state index in [0.717, 1.165) is 24.5 Å². The molecule has 1 aromatic rings.